The molecule has 1 fully saturated rings. The van der Waals surface area contributed by atoms with Gasteiger partial charge in [0.25, 0.3) is 5.91 Å². The van der Waals surface area contributed by atoms with Gasteiger partial charge in [-0.15, -0.1) is 0 Å². The Hall–Kier alpha value is -2.73. The van der Waals surface area contributed by atoms with Crippen molar-refractivity contribution in [1.29, 1.82) is 0 Å². The zero-order valence-corrected chi connectivity index (χ0v) is 21.4. The number of benzene rings is 1. The molecule has 1 aromatic carbocycles. The lowest BCUT2D eigenvalue weighted by atomic mass is 9.96. The van der Waals surface area contributed by atoms with Gasteiger partial charge in [0.15, 0.2) is 6.23 Å². The van der Waals surface area contributed by atoms with E-state index >= 15 is 0 Å². The van der Waals surface area contributed by atoms with Crippen LogP contribution in [0.4, 0.5) is 0 Å². The molecule has 12 nitrogen and oxygen atoms in total. The van der Waals surface area contributed by atoms with Crippen molar-refractivity contribution < 1.29 is 42.9 Å². The van der Waals surface area contributed by atoms with Crippen LogP contribution in [0.5, 0.6) is 5.75 Å². The van der Waals surface area contributed by atoms with Crippen LogP contribution in [0.3, 0.4) is 0 Å². The van der Waals surface area contributed by atoms with Crippen LogP contribution in [0.1, 0.15) is 27.7 Å². The molecule has 1 amide bonds. The van der Waals surface area contributed by atoms with Crippen LogP contribution >= 0.6 is 7.75 Å². The summed E-state index contributed by atoms with van der Waals surface area (Å²) in [5.41, 5.74) is -1.82. The third-order valence-electron chi connectivity index (χ3n) is 5.41. The first-order valence-electron chi connectivity index (χ1n) is 11.3. The van der Waals surface area contributed by atoms with E-state index in [1.165, 1.54) is 31.0 Å². The number of esters is 1. The van der Waals surface area contributed by atoms with Crippen molar-refractivity contribution in [2.24, 2.45) is 0 Å². The van der Waals surface area contributed by atoms with Gasteiger partial charge >= 0.3 is 13.7 Å². The molecule has 6 unspecified atom stereocenters. The Morgan fingerprint density at radius 3 is 2.61 bits per heavy atom. The molecule has 1 aromatic rings. The smallest absolute Gasteiger partial charge is 0.459 e. The second-order valence-corrected chi connectivity index (χ2v) is 10.6. The molecule has 4 N–H and O–H groups in total. The molecule has 6 atom stereocenters. The molecule has 0 radical (unpaired) electrons. The maximum atomic E-state index is 13.6. The van der Waals surface area contributed by atoms with E-state index in [0.29, 0.717) is 0 Å². The standard InChI is InChI=1S/C23H32N3O9P/c1-14(2)33-21(29)15(3)25-36(31,35-17-9-7-6-8-10-17)32-13-18-20(28)23(5,30)22(34-18)26-12-11-19(27)24-16(26)4/h6-12,14-15,18,20,22,28,30H,4,13H2,1-3,5H3,(H,24,27)(H,25,31). The number of para-hydroxylation sites is 1. The molecule has 0 bridgehead atoms. The van der Waals surface area contributed by atoms with Crippen molar-refractivity contribution in [3.63, 3.8) is 0 Å². The number of rotatable bonds is 10. The van der Waals surface area contributed by atoms with Crippen LogP contribution < -0.4 is 14.9 Å². The van der Waals surface area contributed by atoms with E-state index in [2.05, 4.69) is 17.0 Å². The lowest BCUT2D eigenvalue weighted by Gasteiger charge is -2.37. The zero-order chi connectivity index (χ0) is 26.7. The number of hydrogen-bond donors (Lipinski definition) is 4. The number of nitrogens with one attached hydrogen (secondary N) is 2. The van der Waals surface area contributed by atoms with E-state index in [9.17, 15) is 24.4 Å². The highest BCUT2D eigenvalue weighted by molar-refractivity contribution is 7.52. The number of aliphatic hydroxyl groups excluding tert-OH is 1. The Bertz CT molecular complexity index is 1050. The van der Waals surface area contributed by atoms with Gasteiger partial charge in [-0.1, -0.05) is 24.8 Å². The lowest BCUT2D eigenvalue weighted by molar-refractivity contribution is -0.149. The molecule has 198 valence electrons. The van der Waals surface area contributed by atoms with E-state index in [1.54, 1.807) is 44.2 Å². The van der Waals surface area contributed by atoms with Crippen molar-refractivity contribution in [3.8, 4) is 5.75 Å². The summed E-state index contributed by atoms with van der Waals surface area (Å²) in [5, 5.41) is 26.8. The highest BCUT2D eigenvalue weighted by atomic mass is 31.2. The number of hydrogen-bond acceptors (Lipinski definition) is 10. The number of carbonyl (C=O) groups is 2. The number of amides is 1. The minimum Gasteiger partial charge on any atom is -0.462 e. The molecule has 2 aliphatic heterocycles. The quantitative estimate of drug-likeness (QED) is 0.258. The Balaban J connectivity index is 1.76. The second-order valence-electron chi connectivity index (χ2n) is 8.89. The molecule has 36 heavy (non-hydrogen) atoms. The van der Waals surface area contributed by atoms with Gasteiger partial charge in [-0.05, 0) is 39.8 Å². The number of carbonyl (C=O) groups excluding carboxylic acids is 2. The monoisotopic (exact) mass is 525 g/mol. The molecular formula is C23H32N3O9P. The summed E-state index contributed by atoms with van der Waals surface area (Å²) in [5.74, 6) is -0.715. The predicted octanol–water partition coefficient (Wildman–Crippen LogP) is 1.37. The number of nitrogens with zero attached hydrogens (tertiary/aromatic N) is 1. The van der Waals surface area contributed by atoms with Gasteiger partial charge in [0, 0.05) is 12.3 Å². The van der Waals surface area contributed by atoms with Crippen molar-refractivity contribution >= 4 is 19.6 Å². The molecule has 2 aliphatic rings. The number of ether oxygens (including phenoxy) is 2. The minimum absolute atomic E-state index is 0.138. The van der Waals surface area contributed by atoms with Gasteiger partial charge in [0.1, 0.15) is 35.4 Å². The highest BCUT2D eigenvalue weighted by Crippen LogP contribution is 2.46. The predicted molar refractivity (Wildman–Crippen MR) is 128 cm³/mol. The van der Waals surface area contributed by atoms with E-state index in [4.69, 9.17) is 18.5 Å². The summed E-state index contributed by atoms with van der Waals surface area (Å²) >= 11 is 0. The topological polar surface area (TPSA) is 156 Å². The molecule has 0 aliphatic carbocycles. The summed E-state index contributed by atoms with van der Waals surface area (Å²) in [6, 6.07) is 7.13. The maximum Gasteiger partial charge on any atom is 0.459 e. The third kappa shape index (κ3) is 6.52. The second kappa shape index (κ2) is 11.1. The van der Waals surface area contributed by atoms with Crippen LogP contribution in [-0.2, 0) is 28.2 Å². The first-order valence-corrected chi connectivity index (χ1v) is 12.9. The fraction of sp³-hybridized carbons (Fsp3) is 0.478. The zero-order valence-electron chi connectivity index (χ0n) is 20.5. The molecular weight excluding hydrogens is 493 g/mol. The average Bonchev–Trinajstić information content (AvgIpc) is 3.01. The van der Waals surface area contributed by atoms with Crippen LogP contribution in [0.25, 0.3) is 0 Å². The summed E-state index contributed by atoms with van der Waals surface area (Å²) in [4.78, 5) is 25.2. The Kier molecular flexibility index (Phi) is 8.60. The van der Waals surface area contributed by atoms with Crippen molar-refractivity contribution in [2.75, 3.05) is 6.61 Å². The number of aliphatic hydroxyl groups is 2. The first-order chi connectivity index (χ1) is 16.8. The van der Waals surface area contributed by atoms with Gasteiger partial charge in [0.2, 0.25) is 0 Å². The van der Waals surface area contributed by atoms with E-state index in [1.807, 2.05) is 0 Å². The molecule has 0 aromatic heterocycles. The van der Waals surface area contributed by atoms with Gasteiger partial charge < -0.3 is 34.4 Å². The average molecular weight is 525 g/mol. The van der Waals surface area contributed by atoms with E-state index < -0.39 is 56.3 Å². The normalized spacial score (nSPS) is 28.5. The van der Waals surface area contributed by atoms with Crippen LogP contribution in [0.15, 0.2) is 55.0 Å². The fourth-order valence-corrected chi connectivity index (χ4v) is 5.09. The van der Waals surface area contributed by atoms with Crippen LogP contribution in [0, 0.1) is 0 Å². The fourth-order valence-electron chi connectivity index (χ4n) is 3.59. The molecule has 0 saturated carbocycles. The molecule has 1 saturated heterocycles. The SMILES string of the molecule is C=C1NC(=O)C=CN1C1OC(COP(=O)(NC(C)C(=O)OC(C)C)Oc2ccccc2)C(O)C1(C)O. The first kappa shape index (κ1) is 27.9. The van der Waals surface area contributed by atoms with E-state index in [0.717, 1.165) is 0 Å². The van der Waals surface area contributed by atoms with Gasteiger partial charge in [-0.2, -0.15) is 5.09 Å². The van der Waals surface area contributed by atoms with Crippen molar-refractivity contribution in [1.82, 2.24) is 15.3 Å². The van der Waals surface area contributed by atoms with Crippen molar-refractivity contribution in [2.45, 2.75) is 63.9 Å². The van der Waals surface area contributed by atoms with E-state index in [-0.39, 0.29) is 17.7 Å². The molecule has 13 heteroatoms. The summed E-state index contributed by atoms with van der Waals surface area (Å²) < 4.78 is 35.8. The van der Waals surface area contributed by atoms with Gasteiger partial charge in [0.05, 0.1) is 12.7 Å². The minimum atomic E-state index is -4.21. The summed E-state index contributed by atoms with van der Waals surface area (Å²) in [7, 11) is -4.21. The molecule has 2 heterocycles. The summed E-state index contributed by atoms with van der Waals surface area (Å²) in [6.07, 6.45) is -1.59. The van der Waals surface area contributed by atoms with Crippen LogP contribution in [0.2, 0.25) is 0 Å². The highest BCUT2D eigenvalue weighted by Gasteiger charge is 2.55. The third-order valence-corrected chi connectivity index (χ3v) is 7.05. The van der Waals surface area contributed by atoms with Gasteiger partial charge in [-0.25, -0.2) is 4.57 Å². The Labute approximate surface area is 209 Å². The molecule has 3 rings (SSSR count). The largest absolute Gasteiger partial charge is 0.462 e. The Morgan fingerprint density at radius 1 is 1.33 bits per heavy atom. The van der Waals surface area contributed by atoms with Crippen LogP contribution in [-0.4, -0.2) is 69.8 Å². The molecule has 0 spiro atoms. The maximum absolute atomic E-state index is 13.6. The summed E-state index contributed by atoms with van der Waals surface area (Å²) in [6.45, 7) is 9.40. The van der Waals surface area contributed by atoms with Crippen molar-refractivity contribution in [3.05, 3.63) is 55.0 Å². The Morgan fingerprint density at radius 2 is 2.00 bits per heavy atom. The lowest BCUT2D eigenvalue weighted by Crippen LogP contribution is -2.53. The van der Waals surface area contributed by atoms with Gasteiger partial charge in [-0.3, -0.25) is 14.1 Å².